The number of carbonyl (C=O) groups is 1. The van der Waals surface area contributed by atoms with Crippen LogP contribution in [0.4, 0.5) is 0 Å². The van der Waals surface area contributed by atoms with Crippen molar-refractivity contribution in [1.29, 1.82) is 0 Å². The standard InChI is InChI=1S/C54H101NO13/c1-3-5-7-9-11-13-15-17-18-19-20-21-22-23-24-26-28-30-32-34-36-38-46(59)55-42(43(58)37-35-33-31-29-27-25-16-14-12-10-8-6-4-2)41-65-53-51(64)49(62)52(45(40-57)67-53)68-54-50(63)48(61)47(60)44(39-56)66-54/h17-18,35,37,42-45,47-54,56-58,60-64H,3-16,19-34,36,38-41H2,1-2H3,(H,55,59)/t42?,43?,44-,45-,47+,48+,49-,50-,51-,52+,53-,54-/m1/s1. The van der Waals surface area contributed by atoms with Crippen molar-refractivity contribution in [3.63, 3.8) is 0 Å². The molecule has 2 fully saturated rings. The maximum Gasteiger partial charge on any atom is 0.220 e. The molecule has 12 atom stereocenters. The summed E-state index contributed by atoms with van der Waals surface area (Å²) in [5.41, 5.74) is 0. The van der Waals surface area contributed by atoms with Crippen LogP contribution in [0.25, 0.3) is 0 Å². The van der Waals surface area contributed by atoms with E-state index >= 15 is 0 Å². The summed E-state index contributed by atoms with van der Waals surface area (Å²) in [6, 6.07) is -0.911. The van der Waals surface area contributed by atoms with Gasteiger partial charge in [0.25, 0.3) is 0 Å². The van der Waals surface area contributed by atoms with E-state index in [9.17, 15) is 45.6 Å². The molecule has 0 bridgehead atoms. The quantitative estimate of drug-likeness (QED) is 0.0208. The first kappa shape index (κ1) is 62.6. The average molecular weight is 972 g/mol. The third kappa shape index (κ3) is 27.3. The lowest BCUT2D eigenvalue weighted by Gasteiger charge is -2.46. The van der Waals surface area contributed by atoms with Crippen LogP contribution in [0.5, 0.6) is 0 Å². The van der Waals surface area contributed by atoms with Crippen molar-refractivity contribution in [2.75, 3.05) is 19.8 Å². The summed E-state index contributed by atoms with van der Waals surface area (Å²) in [6.07, 6.45) is 29.3. The molecule has 400 valence electrons. The smallest absolute Gasteiger partial charge is 0.220 e. The lowest BCUT2D eigenvalue weighted by atomic mass is 9.97. The van der Waals surface area contributed by atoms with E-state index in [4.69, 9.17) is 18.9 Å². The highest BCUT2D eigenvalue weighted by molar-refractivity contribution is 5.76. The number of hydrogen-bond acceptors (Lipinski definition) is 13. The van der Waals surface area contributed by atoms with Gasteiger partial charge in [-0.25, -0.2) is 0 Å². The Morgan fingerprint density at radius 1 is 0.515 bits per heavy atom. The van der Waals surface area contributed by atoms with Gasteiger partial charge in [0.1, 0.15) is 48.8 Å². The molecule has 0 aromatic rings. The molecule has 0 aromatic heterocycles. The average Bonchev–Trinajstić information content (AvgIpc) is 3.34. The van der Waals surface area contributed by atoms with E-state index in [-0.39, 0.29) is 18.9 Å². The summed E-state index contributed by atoms with van der Waals surface area (Å²) >= 11 is 0. The number of carbonyl (C=O) groups excluding carboxylic acids is 1. The number of amides is 1. The van der Waals surface area contributed by atoms with E-state index in [1.807, 2.05) is 6.08 Å². The van der Waals surface area contributed by atoms with Crippen LogP contribution in [-0.2, 0) is 23.7 Å². The molecule has 0 aliphatic carbocycles. The summed E-state index contributed by atoms with van der Waals surface area (Å²) in [6.45, 7) is 2.79. The number of unbranched alkanes of at least 4 members (excludes halogenated alkanes) is 28. The predicted octanol–water partition coefficient (Wildman–Crippen LogP) is 8.11. The fourth-order valence-electron chi connectivity index (χ4n) is 9.11. The molecule has 14 heteroatoms. The molecule has 2 heterocycles. The summed E-state index contributed by atoms with van der Waals surface area (Å²) in [5.74, 6) is -0.240. The van der Waals surface area contributed by atoms with Crippen LogP contribution in [0, 0.1) is 0 Å². The normalized spacial score (nSPS) is 26.5. The maximum atomic E-state index is 13.2. The summed E-state index contributed by atoms with van der Waals surface area (Å²) in [7, 11) is 0. The zero-order valence-electron chi connectivity index (χ0n) is 42.6. The molecular formula is C54H101NO13. The van der Waals surface area contributed by atoms with Crippen molar-refractivity contribution in [1.82, 2.24) is 5.32 Å². The van der Waals surface area contributed by atoms with Crippen molar-refractivity contribution < 1.29 is 64.6 Å². The Bertz CT molecular complexity index is 1240. The third-order valence-electron chi connectivity index (χ3n) is 13.6. The van der Waals surface area contributed by atoms with Gasteiger partial charge in [0, 0.05) is 6.42 Å². The molecule has 0 aromatic carbocycles. The number of rotatable bonds is 43. The molecule has 2 rings (SSSR count). The Morgan fingerprint density at radius 2 is 0.926 bits per heavy atom. The number of ether oxygens (including phenoxy) is 4. The minimum Gasteiger partial charge on any atom is -0.394 e. The number of nitrogens with one attached hydrogen (secondary N) is 1. The van der Waals surface area contributed by atoms with E-state index in [0.29, 0.717) is 6.42 Å². The molecule has 0 saturated carbocycles. The van der Waals surface area contributed by atoms with Gasteiger partial charge in [-0.3, -0.25) is 4.79 Å². The zero-order valence-corrected chi connectivity index (χ0v) is 42.6. The van der Waals surface area contributed by atoms with E-state index in [1.165, 1.54) is 154 Å². The van der Waals surface area contributed by atoms with Crippen LogP contribution in [0.1, 0.15) is 219 Å². The Morgan fingerprint density at radius 3 is 1.40 bits per heavy atom. The van der Waals surface area contributed by atoms with Crippen molar-refractivity contribution in [3.05, 3.63) is 24.3 Å². The van der Waals surface area contributed by atoms with Crippen molar-refractivity contribution in [3.8, 4) is 0 Å². The maximum absolute atomic E-state index is 13.2. The van der Waals surface area contributed by atoms with E-state index in [0.717, 1.165) is 38.5 Å². The summed E-state index contributed by atoms with van der Waals surface area (Å²) in [4.78, 5) is 13.2. The number of hydrogen-bond donors (Lipinski definition) is 9. The van der Waals surface area contributed by atoms with Gasteiger partial charge in [0.2, 0.25) is 5.91 Å². The second-order valence-electron chi connectivity index (χ2n) is 19.7. The SMILES string of the molecule is CCCCCCCCC=CCCCCCCCCCCCCCC(=O)NC(CO[C@@H]1O[C@H](CO)[C@H](O[C@H]2O[C@H](CO)[C@H](O)[C@H](O)[C@H]2O)[C@H](O)[C@H]1O)C(O)C=CCCCCCCCCCCCCC. The molecule has 14 nitrogen and oxygen atoms in total. The second kappa shape index (κ2) is 41.0. The highest BCUT2D eigenvalue weighted by atomic mass is 16.7. The van der Waals surface area contributed by atoms with Gasteiger partial charge < -0.3 is 65.1 Å². The van der Waals surface area contributed by atoms with Crippen molar-refractivity contribution >= 4 is 5.91 Å². The van der Waals surface area contributed by atoms with Crippen LogP contribution in [-0.4, -0.2) is 140 Å². The molecule has 0 spiro atoms. The molecule has 2 saturated heterocycles. The largest absolute Gasteiger partial charge is 0.394 e. The van der Waals surface area contributed by atoms with Gasteiger partial charge in [-0.05, 0) is 44.9 Å². The van der Waals surface area contributed by atoms with Crippen molar-refractivity contribution in [2.45, 2.75) is 293 Å². The Hall–Kier alpha value is -1.53. The monoisotopic (exact) mass is 972 g/mol. The molecular weight excluding hydrogens is 871 g/mol. The number of aliphatic hydroxyl groups excluding tert-OH is 8. The van der Waals surface area contributed by atoms with E-state index < -0.39 is 86.8 Å². The van der Waals surface area contributed by atoms with Crippen LogP contribution in [0.3, 0.4) is 0 Å². The predicted molar refractivity (Wildman–Crippen MR) is 268 cm³/mol. The highest BCUT2D eigenvalue weighted by Gasteiger charge is 2.51. The van der Waals surface area contributed by atoms with Crippen LogP contribution < -0.4 is 5.32 Å². The first-order valence-electron chi connectivity index (χ1n) is 27.6. The number of aliphatic hydroxyl groups is 8. The summed E-state index contributed by atoms with van der Waals surface area (Å²) < 4.78 is 22.7. The Balaban J connectivity index is 1.78. The van der Waals surface area contributed by atoms with Crippen LogP contribution in [0.2, 0.25) is 0 Å². The van der Waals surface area contributed by atoms with Gasteiger partial charge >= 0.3 is 0 Å². The second-order valence-corrected chi connectivity index (χ2v) is 19.7. The van der Waals surface area contributed by atoms with Crippen molar-refractivity contribution in [2.24, 2.45) is 0 Å². The van der Waals surface area contributed by atoms with Gasteiger partial charge in [-0.2, -0.15) is 0 Å². The summed E-state index contributed by atoms with van der Waals surface area (Å²) in [5, 5.41) is 86.8. The molecule has 68 heavy (non-hydrogen) atoms. The molecule has 2 aliphatic rings. The van der Waals surface area contributed by atoms with Gasteiger partial charge in [0.05, 0.1) is 32.0 Å². The molecule has 9 N–H and O–H groups in total. The minimum atomic E-state index is -1.79. The lowest BCUT2D eigenvalue weighted by Crippen LogP contribution is -2.65. The first-order valence-corrected chi connectivity index (χ1v) is 27.6. The molecule has 2 unspecified atom stereocenters. The van der Waals surface area contributed by atoms with Gasteiger partial charge in [-0.15, -0.1) is 0 Å². The van der Waals surface area contributed by atoms with E-state index in [1.54, 1.807) is 6.08 Å². The molecule has 0 radical (unpaired) electrons. The number of allylic oxidation sites excluding steroid dienone is 3. The minimum absolute atomic E-state index is 0.240. The van der Waals surface area contributed by atoms with Crippen LogP contribution in [0.15, 0.2) is 24.3 Å². The lowest BCUT2D eigenvalue weighted by molar-refractivity contribution is -0.359. The topological polar surface area (TPSA) is 228 Å². The van der Waals surface area contributed by atoms with E-state index in [2.05, 4.69) is 31.3 Å². The fraction of sp³-hybridized carbons (Fsp3) is 0.907. The Labute approximate surface area is 411 Å². The highest BCUT2D eigenvalue weighted by Crippen LogP contribution is 2.30. The van der Waals surface area contributed by atoms with Gasteiger partial charge in [0.15, 0.2) is 12.6 Å². The third-order valence-corrected chi connectivity index (χ3v) is 13.6. The van der Waals surface area contributed by atoms with Crippen LogP contribution >= 0.6 is 0 Å². The fourth-order valence-corrected chi connectivity index (χ4v) is 9.11. The van der Waals surface area contributed by atoms with Gasteiger partial charge in [-0.1, -0.05) is 192 Å². The molecule has 2 aliphatic heterocycles. The molecule has 1 amide bonds. The first-order chi connectivity index (χ1) is 33.1. The Kier molecular flexibility index (Phi) is 37.7. The zero-order chi connectivity index (χ0) is 49.6.